The Morgan fingerprint density at radius 1 is 1.00 bits per heavy atom. The van der Waals surface area contributed by atoms with Gasteiger partial charge in [-0.1, -0.05) is 30.3 Å². The summed E-state index contributed by atoms with van der Waals surface area (Å²) in [6.07, 6.45) is 1.57. The third-order valence-electron chi connectivity index (χ3n) is 3.21. The lowest BCUT2D eigenvalue weighted by molar-refractivity contribution is 0.584. The van der Waals surface area contributed by atoms with Gasteiger partial charge in [-0.2, -0.15) is 0 Å². The lowest BCUT2D eigenvalue weighted by Crippen LogP contribution is -2.03. The molecule has 0 fully saturated rings. The average Bonchev–Trinajstić information content (AvgIpc) is 2.80. The van der Waals surface area contributed by atoms with Crippen LogP contribution in [0.2, 0.25) is 0 Å². The highest BCUT2D eigenvalue weighted by molar-refractivity contribution is 5.70. The van der Waals surface area contributed by atoms with E-state index in [2.05, 4.69) is 4.98 Å². The standard InChI is InChI=1S/C16H13F2N3/c17-13-6-12(7-14(18)8-13)15-16(19)21(10-20-15)9-11-4-2-1-3-5-11/h1-8,10H,9,19H2. The largest absolute Gasteiger partial charge is 0.383 e. The first kappa shape index (κ1) is 13.3. The van der Waals surface area contributed by atoms with Crippen LogP contribution in [0.1, 0.15) is 5.56 Å². The van der Waals surface area contributed by atoms with E-state index in [1.165, 1.54) is 12.1 Å². The zero-order chi connectivity index (χ0) is 14.8. The maximum absolute atomic E-state index is 13.3. The maximum Gasteiger partial charge on any atom is 0.131 e. The van der Waals surface area contributed by atoms with Gasteiger partial charge in [0.25, 0.3) is 0 Å². The molecule has 1 heterocycles. The third-order valence-corrected chi connectivity index (χ3v) is 3.21. The summed E-state index contributed by atoms with van der Waals surface area (Å²) in [7, 11) is 0. The van der Waals surface area contributed by atoms with Crippen molar-refractivity contribution in [3.63, 3.8) is 0 Å². The van der Waals surface area contributed by atoms with Crippen LogP contribution < -0.4 is 5.73 Å². The monoisotopic (exact) mass is 285 g/mol. The molecule has 0 atom stereocenters. The van der Waals surface area contributed by atoms with Gasteiger partial charge in [0.15, 0.2) is 0 Å². The van der Waals surface area contributed by atoms with Crippen molar-refractivity contribution in [2.24, 2.45) is 0 Å². The molecule has 0 saturated carbocycles. The molecular formula is C16H13F2N3. The highest BCUT2D eigenvalue weighted by Crippen LogP contribution is 2.26. The van der Waals surface area contributed by atoms with E-state index in [1.54, 1.807) is 10.9 Å². The van der Waals surface area contributed by atoms with E-state index in [-0.39, 0.29) is 0 Å². The number of hydrogen-bond acceptors (Lipinski definition) is 2. The van der Waals surface area contributed by atoms with Gasteiger partial charge >= 0.3 is 0 Å². The smallest absolute Gasteiger partial charge is 0.131 e. The van der Waals surface area contributed by atoms with Gasteiger partial charge in [0.1, 0.15) is 23.1 Å². The Hall–Kier alpha value is -2.69. The molecule has 3 nitrogen and oxygen atoms in total. The van der Waals surface area contributed by atoms with Gasteiger partial charge in [0, 0.05) is 11.6 Å². The van der Waals surface area contributed by atoms with E-state index in [0.29, 0.717) is 23.6 Å². The zero-order valence-electron chi connectivity index (χ0n) is 11.1. The van der Waals surface area contributed by atoms with Crippen LogP contribution in [0.3, 0.4) is 0 Å². The van der Waals surface area contributed by atoms with Crippen LogP contribution in [-0.4, -0.2) is 9.55 Å². The van der Waals surface area contributed by atoms with Crippen LogP contribution >= 0.6 is 0 Å². The fourth-order valence-corrected chi connectivity index (χ4v) is 2.21. The first-order valence-corrected chi connectivity index (χ1v) is 6.44. The number of nitrogens with two attached hydrogens (primary N) is 1. The molecule has 2 aromatic carbocycles. The van der Waals surface area contributed by atoms with Gasteiger partial charge in [-0.15, -0.1) is 0 Å². The molecule has 0 unspecified atom stereocenters. The Labute approximate surface area is 120 Å². The number of nitrogen functional groups attached to an aromatic ring is 1. The van der Waals surface area contributed by atoms with Crippen molar-refractivity contribution < 1.29 is 8.78 Å². The van der Waals surface area contributed by atoms with E-state index < -0.39 is 11.6 Å². The summed E-state index contributed by atoms with van der Waals surface area (Å²) < 4.78 is 28.3. The van der Waals surface area contributed by atoms with Crippen LogP contribution in [0.25, 0.3) is 11.3 Å². The summed E-state index contributed by atoms with van der Waals surface area (Å²) in [5, 5.41) is 0. The van der Waals surface area contributed by atoms with Crippen molar-refractivity contribution in [3.05, 3.63) is 72.1 Å². The van der Waals surface area contributed by atoms with Crippen LogP contribution in [0, 0.1) is 11.6 Å². The second kappa shape index (κ2) is 5.36. The molecule has 106 valence electrons. The molecule has 5 heteroatoms. The Kier molecular flexibility index (Phi) is 3.39. The summed E-state index contributed by atoms with van der Waals surface area (Å²) >= 11 is 0. The predicted molar refractivity (Wildman–Crippen MR) is 77.5 cm³/mol. The SMILES string of the molecule is Nc1c(-c2cc(F)cc(F)c2)ncn1Cc1ccccc1. The van der Waals surface area contributed by atoms with Crippen molar-refractivity contribution in [1.29, 1.82) is 0 Å². The van der Waals surface area contributed by atoms with Gasteiger partial charge in [-0.05, 0) is 17.7 Å². The highest BCUT2D eigenvalue weighted by atomic mass is 19.1. The van der Waals surface area contributed by atoms with Crippen LogP contribution in [0.4, 0.5) is 14.6 Å². The number of benzene rings is 2. The van der Waals surface area contributed by atoms with Crippen molar-refractivity contribution in [3.8, 4) is 11.3 Å². The summed E-state index contributed by atoms with van der Waals surface area (Å²) in [5.74, 6) is -0.923. The van der Waals surface area contributed by atoms with Crippen molar-refractivity contribution >= 4 is 5.82 Å². The average molecular weight is 285 g/mol. The molecule has 0 radical (unpaired) electrons. The number of halogens is 2. The molecule has 3 aromatic rings. The lowest BCUT2D eigenvalue weighted by Gasteiger charge is -2.06. The normalized spacial score (nSPS) is 10.8. The van der Waals surface area contributed by atoms with Gasteiger partial charge < -0.3 is 10.3 Å². The second-order valence-electron chi connectivity index (χ2n) is 4.75. The molecule has 0 aliphatic rings. The van der Waals surface area contributed by atoms with Gasteiger partial charge in [0.05, 0.1) is 12.9 Å². The lowest BCUT2D eigenvalue weighted by atomic mass is 10.1. The summed E-state index contributed by atoms with van der Waals surface area (Å²) in [6.45, 7) is 0.553. The molecule has 2 N–H and O–H groups in total. The minimum atomic E-state index is -0.651. The Bertz CT molecular complexity index is 746. The number of nitrogens with zero attached hydrogens (tertiary/aromatic N) is 2. The fraction of sp³-hybridized carbons (Fsp3) is 0.0625. The van der Waals surface area contributed by atoms with Crippen molar-refractivity contribution in [2.45, 2.75) is 6.54 Å². The number of anilines is 1. The van der Waals surface area contributed by atoms with E-state index in [1.807, 2.05) is 30.3 Å². The highest BCUT2D eigenvalue weighted by Gasteiger charge is 2.12. The second-order valence-corrected chi connectivity index (χ2v) is 4.75. The number of hydrogen-bond donors (Lipinski definition) is 1. The molecule has 0 aliphatic carbocycles. The van der Waals surface area contributed by atoms with Gasteiger partial charge in [-0.25, -0.2) is 13.8 Å². The molecule has 0 amide bonds. The molecule has 1 aromatic heterocycles. The Morgan fingerprint density at radius 3 is 2.33 bits per heavy atom. The predicted octanol–water partition coefficient (Wildman–Crippen LogP) is 3.46. The van der Waals surface area contributed by atoms with Gasteiger partial charge in [0.2, 0.25) is 0 Å². The minimum Gasteiger partial charge on any atom is -0.383 e. The fourth-order valence-electron chi connectivity index (χ4n) is 2.21. The molecule has 0 aliphatic heterocycles. The van der Waals surface area contributed by atoms with Gasteiger partial charge in [-0.3, -0.25) is 0 Å². The topological polar surface area (TPSA) is 43.8 Å². The summed E-state index contributed by atoms with van der Waals surface area (Å²) in [5.41, 5.74) is 7.82. The van der Waals surface area contributed by atoms with E-state index in [4.69, 9.17) is 5.73 Å². The third kappa shape index (κ3) is 2.76. The van der Waals surface area contributed by atoms with E-state index in [0.717, 1.165) is 11.6 Å². The van der Waals surface area contributed by atoms with E-state index >= 15 is 0 Å². The molecule has 21 heavy (non-hydrogen) atoms. The first-order valence-electron chi connectivity index (χ1n) is 6.44. The van der Waals surface area contributed by atoms with Crippen LogP contribution in [-0.2, 0) is 6.54 Å². The van der Waals surface area contributed by atoms with Crippen molar-refractivity contribution in [1.82, 2.24) is 9.55 Å². The van der Waals surface area contributed by atoms with E-state index in [9.17, 15) is 8.78 Å². The van der Waals surface area contributed by atoms with Crippen LogP contribution in [0.15, 0.2) is 54.9 Å². The first-order chi connectivity index (χ1) is 10.1. The minimum absolute atomic E-state index is 0.330. The molecule has 0 bridgehead atoms. The molecule has 0 spiro atoms. The number of aromatic nitrogens is 2. The molecule has 0 saturated heterocycles. The van der Waals surface area contributed by atoms with Crippen LogP contribution in [0.5, 0.6) is 0 Å². The Morgan fingerprint density at radius 2 is 1.67 bits per heavy atom. The quantitative estimate of drug-likeness (QED) is 0.801. The molecule has 3 rings (SSSR count). The Balaban J connectivity index is 1.95. The maximum atomic E-state index is 13.3. The summed E-state index contributed by atoms with van der Waals surface area (Å²) in [6, 6.07) is 13.0. The number of rotatable bonds is 3. The molecular weight excluding hydrogens is 272 g/mol. The number of imidazole rings is 1. The van der Waals surface area contributed by atoms with Crippen molar-refractivity contribution in [2.75, 3.05) is 5.73 Å². The summed E-state index contributed by atoms with van der Waals surface area (Å²) in [4.78, 5) is 4.17. The zero-order valence-corrected chi connectivity index (χ0v) is 11.1.